The fourth-order valence-corrected chi connectivity index (χ4v) is 4.27. The lowest BCUT2D eigenvalue weighted by molar-refractivity contribution is 0.181. The molecular weight excluding hydrogens is 322 g/mol. The molecule has 0 unspecified atom stereocenters. The van der Waals surface area contributed by atoms with Gasteiger partial charge in [-0.25, -0.2) is 17.2 Å². The van der Waals surface area contributed by atoms with Gasteiger partial charge in [0.1, 0.15) is 0 Å². The first-order valence-corrected chi connectivity index (χ1v) is 9.67. The quantitative estimate of drug-likeness (QED) is 0.713. The summed E-state index contributed by atoms with van der Waals surface area (Å²) in [5, 5.41) is 0. The van der Waals surface area contributed by atoms with Crippen molar-refractivity contribution in [2.24, 2.45) is 0 Å². The molecule has 0 aromatic heterocycles. The summed E-state index contributed by atoms with van der Waals surface area (Å²) in [7, 11) is -3.17. The maximum Gasteiger partial charge on any atom is 0.214 e. The minimum Gasteiger partial charge on any atom is -0.296 e. The zero-order valence-electron chi connectivity index (χ0n) is 13.5. The van der Waals surface area contributed by atoms with Crippen LogP contribution >= 0.6 is 0 Å². The van der Waals surface area contributed by atoms with Gasteiger partial charge in [0.2, 0.25) is 10.0 Å². The van der Waals surface area contributed by atoms with E-state index in [0.717, 1.165) is 18.9 Å². The maximum absolute atomic E-state index is 13.2. The van der Waals surface area contributed by atoms with Crippen LogP contribution in [0.1, 0.15) is 31.7 Å². The van der Waals surface area contributed by atoms with Gasteiger partial charge in [0.05, 0.1) is 5.75 Å². The maximum atomic E-state index is 13.2. The van der Waals surface area contributed by atoms with E-state index in [2.05, 4.69) is 4.90 Å². The summed E-state index contributed by atoms with van der Waals surface area (Å²) < 4.78 is 52.1. The van der Waals surface area contributed by atoms with Gasteiger partial charge in [-0.05, 0) is 24.1 Å². The molecule has 1 heterocycles. The van der Waals surface area contributed by atoms with E-state index in [9.17, 15) is 17.2 Å². The van der Waals surface area contributed by atoms with Gasteiger partial charge in [0, 0.05) is 32.7 Å². The van der Waals surface area contributed by atoms with Crippen LogP contribution in [0.3, 0.4) is 0 Å². The van der Waals surface area contributed by atoms with Gasteiger partial charge in [-0.1, -0.05) is 25.8 Å². The summed E-state index contributed by atoms with van der Waals surface area (Å²) >= 11 is 0. The fraction of sp³-hybridized carbons (Fsp3) is 0.625. The van der Waals surface area contributed by atoms with Gasteiger partial charge in [0.15, 0.2) is 11.6 Å². The molecule has 0 atom stereocenters. The van der Waals surface area contributed by atoms with Crippen LogP contribution in [0, 0.1) is 11.6 Å². The standard InChI is InChI=1S/C16H24F2N2O2S/c1-2-3-4-11-23(21,22)20-9-7-19(8-10-20)13-14-5-6-15(17)16(18)12-14/h5-6,12H,2-4,7-11,13H2,1H3. The Morgan fingerprint density at radius 2 is 1.74 bits per heavy atom. The van der Waals surface area contributed by atoms with E-state index in [1.165, 1.54) is 6.07 Å². The Morgan fingerprint density at radius 1 is 1.04 bits per heavy atom. The highest BCUT2D eigenvalue weighted by Gasteiger charge is 2.26. The lowest BCUT2D eigenvalue weighted by Gasteiger charge is -2.34. The van der Waals surface area contributed by atoms with E-state index >= 15 is 0 Å². The molecule has 1 aromatic carbocycles. The molecule has 0 bridgehead atoms. The number of unbranched alkanes of at least 4 members (excludes halogenated alkanes) is 2. The topological polar surface area (TPSA) is 40.6 Å². The number of hydrogen-bond donors (Lipinski definition) is 0. The van der Waals surface area contributed by atoms with Crippen molar-refractivity contribution in [2.75, 3.05) is 31.9 Å². The molecule has 0 N–H and O–H groups in total. The summed E-state index contributed by atoms with van der Waals surface area (Å²) in [5.41, 5.74) is 0.697. The number of piperazine rings is 1. The molecule has 7 heteroatoms. The second-order valence-corrected chi connectivity index (χ2v) is 8.04. The number of hydrogen-bond acceptors (Lipinski definition) is 3. The molecule has 0 spiro atoms. The second kappa shape index (κ2) is 8.17. The molecule has 1 aliphatic heterocycles. The monoisotopic (exact) mass is 346 g/mol. The van der Waals surface area contributed by atoms with Crippen molar-refractivity contribution in [1.29, 1.82) is 0 Å². The van der Waals surface area contributed by atoms with Crippen LogP contribution in [0.15, 0.2) is 18.2 Å². The summed E-state index contributed by atoms with van der Waals surface area (Å²) in [5.74, 6) is -1.49. The summed E-state index contributed by atoms with van der Waals surface area (Å²) in [4.78, 5) is 2.06. The predicted octanol–water partition coefficient (Wildman–Crippen LogP) is 2.60. The normalized spacial score (nSPS) is 17.5. The molecule has 1 aliphatic rings. The van der Waals surface area contributed by atoms with Crippen LogP contribution in [0.4, 0.5) is 8.78 Å². The third-order valence-corrected chi connectivity index (χ3v) is 6.08. The van der Waals surface area contributed by atoms with Gasteiger partial charge in [0.25, 0.3) is 0 Å². The van der Waals surface area contributed by atoms with Crippen molar-refractivity contribution in [3.8, 4) is 0 Å². The highest BCUT2D eigenvalue weighted by Crippen LogP contribution is 2.15. The van der Waals surface area contributed by atoms with E-state index in [-0.39, 0.29) is 5.75 Å². The number of nitrogens with zero attached hydrogens (tertiary/aromatic N) is 2. The molecule has 1 fully saturated rings. The Bertz CT molecular complexity index is 615. The van der Waals surface area contributed by atoms with Crippen LogP contribution in [0.2, 0.25) is 0 Å². The largest absolute Gasteiger partial charge is 0.296 e. The third-order valence-electron chi connectivity index (χ3n) is 4.12. The Balaban J connectivity index is 1.84. The lowest BCUT2D eigenvalue weighted by atomic mass is 10.2. The molecular formula is C16H24F2N2O2S. The van der Waals surface area contributed by atoms with Crippen LogP contribution in [-0.2, 0) is 16.6 Å². The van der Waals surface area contributed by atoms with Crippen molar-refractivity contribution >= 4 is 10.0 Å². The molecule has 2 rings (SSSR count). The first kappa shape index (κ1) is 18.3. The Kier molecular flexibility index (Phi) is 6.50. The van der Waals surface area contributed by atoms with E-state index in [0.29, 0.717) is 44.7 Å². The molecule has 4 nitrogen and oxygen atoms in total. The van der Waals surface area contributed by atoms with Crippen LogP contribution < -0.4 is 0 Å². The third kappa shape index (κ3) is 5.22. The molecule has 0 aliphatic carbocycles. The summed E-state index contributed by atoms with van der Waals surface area (Å²) in [6, 6.07) is 3.88. The van der Waals surface area contributed by atoms with E-state index < -0.39 is 21.7 Å². The molecule has 130 valence electrons. The highest BCUT2D eigenvalue weighted by atomic mass is 32.2. The lowest BCUT2D eigenvalue weighted by Crippen LogP contribution is -2.48. The first-order valence-electron chi connectivity index (χ1n) is 8.06. The SMILES string of the molecule is CCCCCS(=O)(=O)N1CCN(Cc2ccc(F)c(F)c2)CC1. The summed E-state index contributed by atoms with van der Waals surface area (Å²) in [6.07, 6.45) is 2.63. The van der Waals surface area contributed by atoms with E-state index in [1.807, 2.05) is 6.92 Å². The number of benzene rings is 1. The number of halogens is 2. The van der Waals surface area contributed by atoms with Gasteiger partial charge >= 0.3 is 0 Å². The number of rotatable bonds is 7. The van der Waals surface area contributed by atoms with Crippen molar-refractivity contribution in [3.05, 3.63) is 35.4 Å². The van der Waals surface area contributed by atoms with Crippen LogP contribution in [-0.4, -0.2) is 49.6 Å². The highest BCUT2D eigenvalue weighted by molar-refractivity contribution is 7.89. The first-order chi connectivity index (χ1) is 10.9. The van der Waals surface area contributed by atoms with Crippen LogP contribution in [0.5, 0.6) is 0 Å². The van der Waals surface area contributed by atoms with E-state index in [4.69, 9.17) is 0 Å². The van der Waals surface area contributed by atoms with Gasteiger partial charge in [-0.2, -0.15) is 4.31 Å². The molecule has 0 radical (unpaired) electrons. The molecule has 0 amide bonds. The molecule has 0 saturated carbocycles. The second-order valence-electron chi connectivity index (χ2n) is 5.95. The Labute approximate surface area is 137 Å². The number of sulfonamides is 1. The minimum atomic E-state index is -3.17. The van der Waals surface area contributed by atoms with Gasteiger partial charge in [-0.15, -0.1) is 0 Å². The zero-order chi connectivity index (χ0) is 16.9. The molecule has 23 heavy (non-hydrogen) atoms. The average Bonchev–Trinajstić information content (AvgIpc) is 2.52. The van der Waals surface area contributed by atoms with E-state index in [1.54, 1.807) is 10.4 Å². The molecule has 1 saturated heterocycles. The predicted molar refractivity (Wildman–Crippen MR) is 86.5 cm³/mol. The van der Waals surface area contributed by atoms with Gasteiger partial charge in [-0.3, -0.25) is 4.90 Å². The smallest absolute Gasteiger partial charge is 0.214 e. The average molecular weight is 346 g/mol. The fourth-order valence-electron chi connectivity index (χ4n) is 2.73. The molecule has 1 aromatic rings. The Morgan fingerprint density at radius 3 is 2.35 bits per heavy atom. The van der Waals surface area contributed by atoms with Crippen LogP contribution in [0.25, 0.3) is 0 Å². The van der Waals surface area contributed by atoms with Crippen molar-refractivity contribution in [2.45, 2.75) is 32.7 Å². The minimum absolute atomic E-state index is 0.212. The van der Waals surface area contributed by atoms with Crippen molar-refractivity contribution in [3.63, 3.8) is 0 Å². The Hall–Kier alpha value is -1.05. The zero-order valence-corrected chi connectivity index (χ0v) is 14.3. The van der Waals surface area contributed by atoms with Gasteiger partial charge < -0.3 is 0 Å². The van der Waals surface area contributed by atoms with Crippen molar-refractivity contribution < 1.29 is 17.2 Å². The summed E-state index contributed by atoms with van der Waals surface area (Å²) in [6.45, 7) is 4.67. The van der Waals surface area contributed by atoms with Crippen molar-refractivity contribution in [1.82, 2.24) is 9.21 Å².